The molecule has 1 amide bonds. The van der Waals surface area contributed by atoms with Crippen molar-refractivity contribution in [2.75, 3.05) is 16.9 Å². The quantitative estimate of drug-likeness (QED) is 0.214. The van der Waals surface area contributed by atoms with Gasteiger partial charge < -0.3 is 15.1 Å². The molecule has 4 aromatic carbocycles. The standard InChI is InChI=1S/C29H22ClN3O4/c30-23-12-3-1-7-18(23)15-16-33-25-14-4-2-10-22(25)26(28(33)35)32-31-24-13-6-11-21(27(24)34)19-8-5-9-20(17-19)29(36)37/h1-14,17,31,34H,15-16H2,(H,36,37). The summed E-state index contributed by atoms with van der Waals surface area (Å²) in [6.07, 6.45) is 0.582. The number of hydrogen-bond donors (Lipinski definition) is 3. The van der Waals surface area contributed by atoms with Crippen molar-refractivity contribution in [1.29, 1.82) is 0 Å². The van der Waals surface area contributed by atoms with Gasteiger partial charge in [-0.2, -0.15) is 5.10 Å². The zero-order valence-electron chi connectivity index (χ0n) is 19.6. The Kier molecular flexibility index (Phi) is 6.62. The van der Waals surface area contributed by atoms with Crippen LogP contribution in [0.25, 0.3) is 11.1 Å². The molecule has 0 aliphatic carbocycles. The average molecular weight is 512 g/mol. The van der Waals surface area contributed by atoms with E-state index in [0.717, 1.165) is 11.3 Å². The van der Waals surface area contributed by atoms with Crippen LogP contribution in [-0.4, -0.2) is 34.3 Å². The Morgan fingerprint density at radius 1 is 0.919 bits per heavy atom. The molecule has 0 bridgehead atoms. The van der Waals surface area contributed by atoms with Crippen LogP contribution >= 0.6 is 11.6 Å². The zero-order valence-corrected chi connectivity index (χ0v) is 20.3. The summed E-state index contributed by atoms with van der Waals surface area (Å²) in [5.41, 5.74) is 6.82. The van der Waals surface area contributed by atoms with Crippen LogP contribution in [-0.2, 0) is 11.2 Å². The normalized spacial score (nSPS) is 13.6. The molecule has 5 rings (SSSR count). The molecule has 0 unspecified atom stereocenters. The second-order valence-corrected chi connectivity index (χ2v) is 8.88. The van der Waals surface area contributed by atoms with E-state index in [1.54, 1.807) is 35.2 Å². The van der Waals surface area contributed by atoms with Crippen LogP contribution in [0.15, 0.2) is 96.1 Å². The highest BCUT2D eigenvalue weighted by molar-refractivity contribution is 6.54. The lowest BCUT2D eigenvalue weighted by Crippen LogP contribution is -2.32. The fourth-order valence-electron chi connectivity index (χ4n) is 4.33. The summed E-state index contributed by atoms with van der Waals surface area (Å²) in [5, 5.41) is 25.2. The van der Waals surface area contributed by atoms with Crippen LogP contribution in [0.4, 0.5) is 11.4 Å². The number of para-hydroxylation sites is 2. The number of phenols is 1. The average Bonchev–Trinajstić information content (AvgIpc) is 3.18. The van der Waals surface area contributed by atoms with Crippen LogP contribution in [0, 0.1) is 0 Å². The molecule has 4 aromatic rings. The molecule has 0 saturated heterocycles. The second kappa shape index (κ2) is 10.2. The Labute approximate surface area is 218 Å². The summed E-state index contributed by atoms with van der Waals surface area (Å²) in [7, 11) is 0. The maximum atomic E-state index is 13.4. The number of amides is 1. The fraction of sp³-hybridized carbons (Fsp3) is 0.0690. The third-order valence-corrected chi connectivity index (χ3v) is 6.57. The number of aromatic hydroxyl groups is 1. The molecular formula is C29H22ClN3O4. The van der Waals surface area contributed by atoms with Gasteiger partial charge in [-0.3, -0.25) is 10.2 Å². The van der Waals surface area contributed by atoms with Gasteiger partial charge in [0.2, 0.25) is 0 Å². The molecule has 0 aromatic heterocycles. The molecule has 7 nitrogen and oxygen atoms in total. The van der Waals surface area contributed by atoms with E-state index in [4.69, 9.17) is 11.6 Å². The SMILES string of the molecule is O=C(O)c1cccc(-c2cccc(NN=C3C(=O)N(CCc4ccccc4Cl)c4ccccc43)c2O)c1. The predicted molar refractivity (Wildman–Crippen MR) is 145 cm³/mol. The topological polar surface area (TPSA) is 102 Å². The van der Waals surface area contributed by atoms with E-state index in [0.29, 0.717) is 34.7 Å². The number of hydrogen-bond acceptors (Lipinski definition) is 5. The monoisotopic (exact) mass is 511 g/mol. The molecule has 0 fully saturated rings. The predicted octanol–water partition coefficient (Wildman–Crippen LogP) is 5.82. The van der Waals surface area contributed by atoms with Crippen molar-refractivity contribution in [3.05, 3.63) is 113 Å². The number of phenolic OH excluding ortho intramolecular Hbond substituents is 1. The number of rotatable bonds is 7. The number of carboxylic acid groups (broad SMARTS) is 1. The van der Waals surface area contributed by atoms with Gasteiger partial charge in [0.1, 0.15) is 5.75 Å². The summed E-state index contributed by atoms with van der Waals surface area (Å²) < 4.78 is 0. The molecule has 1 aliphatic heterocycles. The number of nitrogens with zero attached hydrogens (tertiary/aromatic N) is 2. The van der Waals surface area contributed by atoms with Gasteiger partial charge >= 0.3 is 5.97 Å². The molecule has 0 saturated carbocycles. The first-order valence-electron chi connectivity index (χ1n) is 11.6. The molecule has 184 valence electrons. The number of aromatic carboxylic acids is 1. The van der Waals surface area contributed by atoms with Crippen molar-refractivity contribution >= 4 is 40.6 Å². The van der Waals surface area contributed by atoms with Crippen molar-refractivity contribution in [2.24, 2.45) is 5.10 Å². The first-order valence-corrected chi connectivity index (χ1v) is 12.0. The van der Waals surface area contributed by atoms with Gasteiger partial charge in [-0.1, -0.05) is 72.3 Å². The van der Waals surface area contributed by atoms with Crippen LogP contribution in [0.3, 0.4) is 0 Å². The van der Waals surface area contributed by atoms with Gasteiger partial charge in [0, 0.05) is 22.7 Å². The van der Waals surface area contributed by atoms with Crippen LogP contribution in [0.1, 0.15) is 21.5 Å². The third kappa shape index (κ3) is 4.77. The Bertz CT molecular complexity index is 1550. The largest absolute Gasteiger partial charge is 0.505 e. The van der Waals surface area contributed by atoms with E-state index in [2.05, 4.69) is 10.5 Å². The number of carboxylic acids is 1. The Morgan fingerprint density at radius 2 is 1.65 bits per heavy atom. The van der Waals surface area contributed by atoms with Crippen LogP contribution in [0.2, 0.25) is 5.02 Å². The summed E-state index contributed by atoms with van der Waals surface area (Å²) in [6.45, 7) is 0.430. The summed E-state index contributed by atoms with van der Waals surface area (Å²) in [4.78, 5) is 26.4. The van der Waals surface area contributed by atoms with E-state index in [1.165, 1.54) is 12.1 Å². The molecule has 1 heterocycles. The van der Waals surface area contributed by atoms with E-state index >= 15 is 0 Å². The second-order valence-electron chi connectivity index (χ2n) is 8.48. The lowest BCUT2D eigenvalue weighted by Gasteiger charge is -2.17. The number of hydrazone groups is 1. The number of anilines is 2. The maximum Gasteiger partial charge on any atom is 0.335 e. The van der Waals surface area contributed by atoms with Gasteiger partial charge in [0.25, 0.3) is 5.91 Å². The maximum absolute atomic E-state index is 13.4. The van der Waals surface area contributed by atoms with Gasteiger partial charge in [0.15, 0.2) is 5.71 Å². The molecule has 8 heteroatoms. The smallest absolute Gasteiger partial charge is 0.335 e. The zero-order chi connectivity index (χ0) is 25.9. The first-order chi connectivity index (χ1) is 17.9. The number of halogens is 1. The lowest BCUT2D eigenvalue weighted by atomic mass is 10.0. The Balaban J connectivity index is 1.42. The van der Waals surface area contributed by atoms with Crippen LogP contribution < -0.4 is 10.3 Å². The van der Waals surface area contributed by atoms with E-state index in [-0.39, 0.29) is 28.6 Å². The van der Waals surface area contributed by atoms with E-state index in [9.17, 15) is 19.8 Å². The number of nitrogens with one attached hydrogen (secondary N) is 1. The fourth-order valence-corrected chi connectivity index (χ4v) is 4.56. The van der Waals surface area contributed by atoms with Gasteiger partial charge in [-0.25, -0.2) is 4.79 Å². The molecular weight excluding hydrogens is 490 g/mol. The molecule has 0 spiro atoms. The summed E-state index contributed by atoms with van der Waals surface area (Å²) in [6, 6.07) is 26.3. The van der Waals surface area contributed by atoms with Crippen molar-refractivity contribution in [1.82, 2.24) is 0 Å². The van der Waals surface area contributed by atoms with Gasteiger partial charge in [0.05, 0.1) is 16.9 Å². The lowest BCUT2D eigenvalue weighted by molar-refractivity contribution is -0.112. The van der Waals surface area contributed by atoms with Gasteiger partial charge in [-0.05, 0) is 47.9 Å². The highest BCUT2D eigenvalue weighted by Gasteiger charge is 2.33. The minimum Gasteiger partial charge on any atom is -0.505 e. The molecule has 0 atom stereocenters. The number of carbonyl (C=O) groups is 2. The Morgan fingerprint density at radius 3 is 2.46 bits per heavy atom. The Hall–Kier alpha value is -4.62. The number of benzene rings is 4. The van der Waals surface area contributed by atoms with Crippen LogP contribution in [0.5, 0.6) is 5.75 Å². The van der Waals surface area contributed by atoms with Crippen molar-refractivity contribution in [2.45, 2.75) is 6.42 Å². The summed E-state index contributed by atoms with van der Waals surface area (Å²) >= 11 is 6.30. The first kappa shape index (κ1) is 24.1. The third-order valence-electron chi connectivity index (χ3n) is 6.20. The number of carbonyl (C=O) groups excluding carboxylic acids is 1. The highest BCUT2D eigenvalue weighted by Crippen LogP contribution is 2.36. The minimum absolute atomic E-state index is 0.108. The molecule has 3 N–H and O–H groups in total. The van der Waals surface area contributed by atoms with E-state index in [1.807, 2.05) is 48.5 Å². The van der Waals surface area contributed by atoms with E-state index < -0.39 is 5.97 Å². The minimum atomic E-state index is -1.06. The molecule has 0 radical (unpaired) electrons. The van der Waals surface area contributed by atoms with Crippen molar-refractivity contribution < 1.29 is 19.8 Å². The highest BCUT2D eigenvalue weighted by atomic mass is 35.5. The number of fused-ring (bicyclic) bond motifs is 1. The van der Waals surface area contributed by atoms with Crippen molar-refractivity contribution in [3.8, 4) is 16.9 Å². The summed E-state index contributed by atoms with van der Waals surface area (Å²) in [5.74, 6) is -1.42. The molecule has 1 aliphatic rings. The van der Waals surface area contributed by atoms with Crippen molar-refractivity contribution in [3.63, 3.8) is 0 Å². The van der Waals surface area contributed by atoms with Gasteiger partial charge in [-0.15, -0.1) is 0 Å². The molecule has 37 heavy (non-hydrogen) atoms.